The second-order valence-corrected chi connectivity index (χ2v) is 7.81. The lowest BCUT2D eigenvalue weighted by molar-refractivity contribution is 0.393. The Morgan fingerprint density at radius 2 is 1.76 bits per heavy atom. The van der Waals surface area contributed by atoms with Crippen LogP contribution in [-0.2, 0) is 0 Å². The zero-order chi connectivity index (χ0) is 15.6. The molecule has 0 aliphatic rings. The Labute approximate surface area is 145 Å². The van der Waals surface area contributed by atoms with E-state index in [0.29, 0.717) is 0 Å². The van der Waals surface area contributed by atoms with Gasteiger partial charge < -0.3 is 14.8 Å². The van der Waals surface area contributed by atoms with E-state index < -0.39 is 0 Å². The zero-order valence-corrected chi connectivity index (χ0v) is 16.3. The van der Waals surface area contributed by atoms with Gasteiger partial charge in [0.1, 0.15) is 11.5 Å². The molecule has 0 saturated heterocycles. The normalized spacial score (nSPS) is 12.3. The van der Waals surface area contributed by atoms with Crippen molar-refractivity contribution in [1.82, 2.24) is 5.32 Å². The summed E-state index contributed by atoms with van der Waals surface area (Å²) in [5.74, 6) is 1.61. The summed E-state index contributed by atoms with van der Waals surface area (Å²) >= 11 is 8.81. The van der Waals surface area contributed by atoms with Gasteiger partial charge in [-0.2, -0.15) is 0 Å². The molecule has 1 aromatic heterocycles. The van der Waals surface area contributed by atoms with Crippen molar-refractivity contribution >= 4 is 43.2 Å². The molecule has 2 aromatic rings. The number of nitrogens with one attached hydrogen (secondary N) is 1. The van der Waals surface area contributed by atoms with Gasteiger partial charge in [-0.3, -0.25) is 0 Å². The second-order valence-electron chi connectivity index (χ2n) is 4.56. The minimum atomic E-state index is 0.0527. The number of aryl methyl sites for hydroxylation is 1. The lowest BCUT2D eigenvalue weighted by Gasteiger charge is -2.20. The number of hydrogen-bond donors (Lipinski definition) is 1. The predicted octanol–water partition coefficient (Wildman–Crippen LogP) is 4.91. The van der Waals surface area contributed by atoms with Gasteiger partial charge in [-0.05, 0) is 69.6 Å². The Hall–Kier alpha value is -0.560. The van der Waals surface area contributed by atoms with Crippen LogP contribution in [0.2, 0.25) is 0 Å². The highest BCUT2D eigenvalue weighted by atomic mass is 79.9. The second kappa shape index (κ2) is 7.13. The fraction of sp³-hybridized carbons (Fsp3) is 0.333. The van der Waals surface area contributed by atoms with Gasteiger partial charge in [0.15, 0.2) is 0 Å². The minimum absolute atomic E-state index is 0.0527. The van der Waals surface area contributed by atoms with Crippen LogP contribution in [0.5, 0.6) is 11.5 Å². The van der Waals surface area contributed by atoms with E-state index in [1.54, 1.807) is 25.6 Å². The molecule has 0 aliphatic carbocycles. The van der Waals surface area contributed by atoms with Crippen LogP contribution >= 0.6 is 43.2 Å². The van der Waals surface area contributed by atoms with Crippen LogP contribution < -0.4 is 14.8 Å². The molecule has 0 bridgehead atoms. The molecule has 1 unspecified atom stereocenters. The van der Waals surface area contributed by atoms with Gasteiger partial charge in [-0.25, -0.2) is 0 Å². The molecule has 2 rings (SSSR count). The molecule has 21 heavy (non-hydrogen) atoms. The molecular formula is C15H17Br2NO2S. The Kier molecular flexibility index (Phi) is 5.71. The lowest BCUT2D eigenvalue weighted by atomic mass is 10.0. The first-order valence-corrected chi connectivity index (χ1v) is 8.76. The molecular weight excluding hydrogens is 418 g/mol. The van der Waals surface area contributed by atoms with Crippen molar-refractivity contribution in [2.45, 2.75) is 13.0 Å². The summed E-state index contributed by atoms with van der Waals surface area (Å²) in [6.07, 6.45) is 0. The Morgan fingerprint density at radius 3 is 2.24 bits per heavy atom. The van der Waals surface area contributed by atoms with Gasteiger partial charge in [0.05, 0.1) is 28.5 Å². The number of halogens is 2. The quantitative estimate of drug-likeness (QED) is 0.725. The zero-order valence-electron chi connectivity index (χ0n) is 12.3. The van der Waals surface area contributed by atoms with E-state index in [4.69, 9.17) is 9.47 Å². The van der Waals surface area contributed by atoms with Gasteiger partial charge in [0.25, 0.3) is 0 Å². The Bertz CT molecular complexity index is 623. The van der Waals surface area contributed by atoms with Gasteiger partial charge in [-0.15, -0.1) is 11.3 Å². The highest BCUT2D eigenvalue weighted by molar-refractivity contribution is 9.11. The molecule has 1 atom stereocenters. The van der Waals surface area contributed by atoms with E-state index in [0.717, 1.165) is 25.3 Å². The Balaban J connectivity index is 2.55. The first-order chi connectivity index (χ1) is 10.0. The predicted molar refractivity (Wildman–Crippen MR) is 94.9 cm³/mol. The van der Waals surface area contributed by atoms with Crippen molar-refractivity contribution in [3.8, 4) is 11.5 Å². The third-order valence-electron chi connectivity index (χ3n) is 3.26. The third kappa shape index (κ3) is 3.44. The van der Waals surface area contributed by atoms with E-state index in [9.17, 15) is 0 Å². The third-order valence-corrected chi connectivity index (χ3v) is 6.09. The van der Waals surface area contributed by atoms with E-state index in [1.807, 2.05) is 19.2 Å². The van der Waals surface area contributed by atoms with Crippen LogP contribution in [0.3, 0.4) is 0 Å². The van der Waals surface area contributed by atoms with Crippen LogP contribution in [-0.4, -0.2) is 21.3 Å². The van der Waals surface area contributed by atoms with Crippen molar-refractivity contribution in [3.05, 3.63) is 42.5 Å². The van der Waals surface area contributed by atoms with Gasteiger partial charge in [-0.1, -0.05) is 0 Å². The molecule has 0 saturated carbocycles. The SMILES string of the molecule is CNC(c1cc(C)c(Br)s1)c1cc(OC)c(Br)cc1OC. The maximum atomic E-state index is 5.53. The highest BCUT2D eigenvalue weighted by Gasteiger charge is 2.21. The van der Waals surface area contributed by atoms with Crippen molar-refractivity contribution in [2.24, 2.45) is 0 Å². The molecule has 1 N–H and O–H groups in total. The monoisotopic (exact) mass is 433 g/mol. The van der Waals surface area contributed by atoms with Gasteiger partial charge in [0, 0.05) is 10.4 Å². The van der Waals surface area contributed by atoms with Crippen molar-refractivity contribution in [3.63, 3.8) is 0 Å². The van der Waals surface area contributed by atoms with Crippen LogP contribution in [0.25, 0.3) is 0 Å². The van der Waals surface area contributed by atoms with Crippen molar-refractivity contribution in [2.75, 3.05) is 21.3 Å². The fourth-order valence-electron chi connectivity index (χ4n) is 2.19. The molecule has 3 nitrogen and oxygen atoms in total. The van der Waals surface area contributed by atoms with E-state index in [2.05, 4.69) is 50.2 Å². The van der Waals surface area contributed by atoms with Crippen LogP contribution in [0.15, 0.2) is 26.5 Å². The molecule has 1 heterocycles. The average molecular weight is 435 g/mol. The van der Waals surface area contributed by atoms with Gasteiger partial charge >= 0.3 is 0 Å². The largest absolute Gasteiger partial charge is 0.496 e. The lowest BCUT2D eigenvalue weighted by Crippen LogP contribution is -2.17. The van der Waals surface area contributed by atoms with E-state index >= 15 is 0 Å². The van der Waals surface area contributed by atoms with E-state index in [1.165, 1.54) is 10.4 Å². The van der Waals surface area contributed by atoms with Crippen LogP contribution in [0, 0.1) is 6.92 Å². The van der Waals surface area contributed by atoms with Gasteiger partial charge in [0.2, 0.25) is 0 Å². The number of hydrogen-bond acceptors (Lipinski definition) is 4. The minimum Gasteiger partial charge on any atom is -0.496 e. The maximum Gasteiger partial charge on any atom is 0.133 e. The fourth-order valence-corrected chi connectivity index (χ4v) is 4.37. The first-order valence-electron chi connectivity index (χ1n) is 6.36. The number of thiophene rings is 1. The number of rotatable bonds is 5. The summed E-state index contributed by atoms with van der Waals surface area (Å²) in [5, 5.41) is 3.36. The first kappa shape index (κ1) is 16.8. The number of benzene rings is 1. The standard InChI is InChI=1S/C15H17Br2NO2S/c1-8-5-13(21-15(8)17)14(18-2)9-6-12(20-4)10(16)7-11(9)19-3/h5-7,14,18H,1-4H3. The maximum absolute atomic E-state index is 5.53. The molecule has 0 aliphatic heterocycles. The molecule has 6 heteroatoms. The van der Waals surface area contributed by atoms with E-state index in [-0.39, 0.29) is 6.04 Å². The molecule has 0 radical (unpaired) electrons. The summed E-state index contributed by atoms with van der Waals surface area (Å²) < 4.78 is 13.0. The van der Waals surface area contributed by atoms with Crippen molar-refractivity contribution in [1.29, 1.82) is 0 Å². The smallest absolute Gasteiger partial charge is 0.133 e. The molecule has 0 fully saturated rings. The summed E-state index contributed by atoms with van der Waals surface area (Å²) in [4.78, 5) is 1.23. The van der Waals surface area contributed by atoms with Crippen molar-refractivity contribution < 1.29 is 9.47 Å². The topological polar surface area (TPSA) is 30.5 Å². The van der Waals surface area contributed by atoms with Crippen LogP contribution in [0.4, 0.5) is 0 Å². The summed E-state index contributed by atoms with van der Waals surface area (Å²) in [5.41, 5.74) is 2.28. The highest BCUT2D eigenvalue weighted by Crippen LogP contribution is 2.41. The summed E-state index contributed by atoms with van der Waals surface area (Å²) in [6.45, 7) is 2.09. The molecule has 0 amide bonds. The Morgan fingerprint density at radius 1 is 1.10 bits per heavy atom. The summed E-state index contributed by atoms with van der Waals surface area (Å²) in [6, 6.07) is 6.18. The molecule has 0 spiro atoms. The molecule has 1 aromatic carbocycles. The number of ether oxygens (including phenoxy) is 2. The average Bonchev–Trinajstić information content (AvgIpc) is 2.80. The van der Waals surface area contributed by atoms with Crippen LogP contribution in [0.1, 0.15) is 22.0 Å². The molecule has 114 valence electrons. The summed E-state index contributed by atoms with van der Waals surface area (Å²) in [7, 11) is 5.29. The number of methoxy groups -OCH3 is 2.